The minimum atomic E-state index is -0.255. The number of aliphatic hydroxyl groups is 1. The maximum Gasteiger partial charge on any atom is 0.240 e. The van der Waals surface area contributed by atoms with Crippen molar-refractivity contribution in [3.05, 3.63) is 54.5 Å². The molecule has 2 N–H and O–H groups in total. The van der Waals surface area contributed by atoms with Crippen LogP contribution in [0.25, 0.3) is 10.9 Å². The number of aliphatic hydroxyl groups excluding tert-OH is 1. The van der Waals surface area contributed by atoms with Crippen molar-refractivity contribution in [3.63, 3.8) is 0 Å². The predicted molar refractivity (Wildman–Crippen MR) is 94.8 cm³/mol. The van der Waals surface area contributed by atoms with E-state index in [0.29, 0.717) is 12.8 Å². The van der Waals surface area contributed by atoms with Gasteiger partial charge in [0.05, 0.1) is 18.3 Å². The lowest BCUT2D eigenvalue weighted by atomic mass is 9.75. The Hall–Kier alpha value is -2.60. The summed E-state index contributed by atoms with van der Waals surface area (Å²) in [6.07, 6.45) is 6.84. The van der Waals surface area contributed by atoms with E-state index in [1.54, 1.807) is 10.9 Å². The summed E-state index contributed by atoms with van der Waals surface area (Å²) in [6.45, 7) is 0.277. The molecule has 6 nitrogen and oxygen atoms in total. The van der Waals surface area contributed by atoms with Gasteiger partial charge >= 0.3 is 0 Å². The number of rotatable bonds is 5. The summed E-state index contributed by atoms with van der Waals surface area (Å²) in [6, 6.07) is 9.94. The first-order valence-corrected chi connectivity index (χ1v) is 8.60. The number of carbonyl (C=O) groups excluding carboxylic acids is 1. The first kappa shape index (κ1) is 15.9. The Labute approximate surface area is 146 Å². The van der Waals surface area contributed by atoms with Crippen molar-refractivity contribution in [2.75, 3.05) is 0 Å². The van der Waals surface area contributed by atoms with Crippen LogP contribution in [0.2, 0.25) is 0 Å². The molecule has 1 unspecified atom stereocenters. The Bertz CT molecular complexity index is 892. The minimum absolute atomic E-state index is 0.0309. The number of nitrogens with one attached hydrogen (secondary N) is 1. The average Bonchev–Trinajstić information content (AvgIpc) is 3.17. The van der Waals surface area contributed by atoms with Gasteiger partial charge in [-0.05, 0) is 36.3 Å². The zero-order chi connectivity index (χ0) is 17.4. The zero-order valence-electron chi connectivity index (χ0n) is 14.2. The summed E-state index contributed by atoms with van der Waals surface area (Å²) in [4.78, 5) is 12.6. The third-order valence-corrected chi connectivity index (χ3v) is 5.02. The molecule has 0 aliphatic heterocycles. The number of carbonyl (C=O) groups is 1. The molecule has 0 saturated heterocycles. The topological polar surface area (TPSA) is 72.1 Å². The predicted octanol–water partition coefficient (Wildman–Crippen LogP) is 2.00. The molecule has 6 heteroatoms. The number of nitrogens with zero attached hydrogens (tertiary/aromatic N) is 3. The van der Waals surface area contributed by atoms with Crippen LogP contribution in [0.15, 0.2) is 48.9 Å². The molecule has 130 valence electrons. The molecule has 1 aliphatic carbocycles. The van der Waals surface area contributed by atoms with Crippen LogP contribution in [0.5, 0.6) is 0 Å². The minimum Gasteiger partial charge on any atom is -0.393 e. The Morgan fingerprint density at radius 3 is 2.88 bits per heavy atom. The molecule has 2 aromatic heterocycles. The molecule has 1 aliphatic rings. The largest absolute Gasteiger partial charge is 0.393 e. The van der Waals surface area contributed by atoms with Gasteiger partial charge < -0.3 is 15.0 Å². The van der Waals surface area contributed by atoms with Crippen LogP contribution in [-0.2, 0) is 18.4 Å². The fourth-order valence-corrected chi connectivity index (χ4v) is 3.63. The zero-order valence-corrected chi connectivity index (χ0v) is 14.2. The standard InChI is InChI=1S/C19H22N4O2/c1-22-11-15(10-20-22)19(14-8-16(24)9-14)21-18(25)12-23-7-6-13-4-2-3-5-17(13)23/h2-7,10-11,14,16,19,24H,8-9,12H2,1H3,(H,21,25). The number of hydrogen-bond acceptors (Lipinski definition) is 3. The van der Waals surface area contributed by atoms with Gasteiger partial charge in [-0.3, -0.25) is 9.48 Å². The molecule has 3 aromatic rings. The van der Waals surface area contributed by atoms with Gasteiger partial charge in [0.25, 0.3) is 0 Å². The van der Waals surface area contributed by atoms with Crippen LogP contribution in [0.4, 0.5) is 0 Å². The third-order valence-electron chi connectivity index (χ3n) is 5.02. The summed E-state index contributed by atoms with van der Waals surface area (Å²) < 4.78 is 3.70. The van der Waals surface area contributed by atoms with E-state index in [1.807, 2.05) is 54.3 Å². The molecular weight excluding hydrogens is 316 g/mol. The average molecular weight is 338 g/mol. The summed E-state index contributed by atoms with van der Waals surface area (Å²) in [5, 5.41) is 18.1. The molecule has 1 amide bonds. The maximum absolute atomic E-state index is 12.6. The molecule has 25 heavy (non-hydrogen) atoms. The van der Waals surface area contributed by atoms with Crippen LogP contribution in [0.1, 0.15) is 24.4 Å². The number of fused-ring (bicyclic) bond motifs is 1. The molecule has 2 heterocycles. The van der Waals surface area contributed by atoms with Crippen molar-refractivity contribution < 1.29 is 9.90 Å². The van der Waals surface area contributed by atoms with Crippen LogP contribution >= 0.6 is 0 Å². The second kappa shape index (κ2) is 6.37. The molecule has 0 spiro atoms. The smallest absolute Gasteiger partial charge is 0.240 e. The van der Waals surface area contributed by atoms with Gasteiger partial charge in [-0.15, -0.1) is 0 Å². The van der Waals surface area contributed by atoms with Gasteiger partial charge in [-0.25, -0.2) is 0 Å². The number of aryl methyl sites for hydroxylation is 1. The highest BCUT2D eigenvalue weighted by Crippen LogP contribution is 2.37. The number of hydrogen-bond donors (Lipinski definition) is 2. The van der Waals surface area contributed by atoms with E-state index in [9.17, 15) is 9.90 Å². The highest BCUT2D eigenvalue weighted by Gasteiger charge is 2.36. The molecular formula is C19H22N4O2. The second-order valence-corrected chi connectivity index (χ2v) is 6.88. The highest BCUT2D eigenvalue weighted by atomic mass is 16.3. The Morgan fingerprint density at radius 1 is 1.36 bits per heavy atom. The van der Waals surface area contributed by atoms with Crippen molar-refractivity contribution in [2.24, 2.45) is 13.0 Å². The summed E-state index contributed by atoms with van der Waals surface area (Å²) >= 11 is 0. The molecule has 0 bridgehead atoms. The van der Waals surface area contributed by atoms with E-state index < -0.39 is 0 Å². The summed E-state index contributed by atoms with van der Waals surface area (Å²) in [5.74, 6) is 0.223. The number of benzene rings is 1. The van der Waals surface area contributed by atoms with Crippen molar-refractivity contribution in [3.8, 4) is 0 Å². The molecule has 1 aromatic carbocycles. The SMILES string of the molecule is Cn1cc(C(NC(=O)Cn2ccc3ccccc32)C2CC(O)C2)cn1. The monoisotopic (exact) mass is 338 g/mol. The fraction of sp³-hybridized carbons (Fsp3) is 0.368. The Balaban J connectivity index is 1.50. The van der Waals surface area contributed by atoms with Gasteiger partial charge in [0.15, 0.2) is 0 Å². The highest BCUT2D eigenvalue weighted by molar-refractivity contribution is 5.83. The molecule has 1 saturated carbocycles. The first-order chi connectivity index (χ1) is 12.1. The van der Waals surface area contributed by atoms with Gasteiger partial charge in [-0.1, -0.05) is 18.2 Å². The van der Waals surface area contributed by atoms with Gasteiger partial charge in [0.1, 0.15) is 6.54 Å². The van der Waals surface area contributed by atoms with Gasteiger partial charge in [0, 0.05) is 30.5 Å². The van der Waals surface area contributed by atoms with Crippen molar-refractivity contribution in [1.29, 1.82) is 0 Å². The fourth-order valence-electron chi connectivity index (χ4n) is 3.63. The van der Waals surface area contributed by atoms with Crippen LogP contribution in [0.3, 0.4) is 0 Å². The normalized spacial score (nSPS) is 21.0. The van der Waals surface area contributed by atoms with Gasteiger partial charge in [0.2, 0.25) is 5.91 Å². The van der Waals surface area contributed by atoms with E-state index in [2.05, 4.69) is 10.4 Å². The molecule has 0 radical (unpaired) electrons. The van der Waals surface area contributed by atoms with Crippen LogP contribution < -0.4 is 5.32 Å². The quantitative estimate of drug-likeness (QED) is 0.747. The van der Waals surface area contributed by atoms with Gasteiger partial charge in [-0.2, -0.15) is 5.10 Å². The van der Waals surface area contributed by atoms with Crippen LogP contribution in [-0.4, -0.2) is 31.5 Å². The number of para-hydroxylation sites is 1. The van der Waals surface area contributed by atoms with E-state index in [4.69, 9.17) is 0 Å². The lowest BCUT2D eigenvalue weighted by Gasteiger charge is -2.37. The Kier molecular flexibility index (Phi) is 4.05. The number of aromatic nitrogens is 3. The van der Waals surface area contributed by atoms with E-state index in [1.165, 1.54) is 0 Å². The van der Waals surface area contributed by atoms with Crippen molar-refractivity contribution in [2.45, 2.75) is 31.5 Å². The summed E-state index contributed by atoms with van der Waals surface area (Å²) in [5.41, 5.74) is 2.04. The molecule has 1 fully saturated rings. The van der Waals surface area contributed by atoms with Crippen LogP contribution in [0, 0.1) is 5.92 Å². The van der Waals surface area contributed by atoms with Crippen molar-refractivity contribution >= 4 is 16.8 Å². The second-order valence-electron chi connectivity index (χ2n) is 6.88. The van der Waals surface area contributed by atoms with E-state index in [0.717, 1.165) is 16.5 Å². The Morgan fingerprint density at radius 2 is 2.16 bits per heavy atom. The molecule has 4 rings (SSSR count). The molecule has 1 atom stereocenters. The lowest BCUT2D eigenvalue weighted by Crippen LogP contribution is -2.42. The lowest BCUT2D eigenvalue weighted by molar-refractivity contribution is -0.123. The first-order valence-electron chi connectivity index (χ1n) is 8.60. The maximum atomic E-state index is 12.6. The number of amides is 1. The third kappa shape index (κ3) is 3.17. The summed E-state index contributed by atoms with van der Waals surface area (Å²) in [7, 11) is 1.87. The van der Waals surface area contributed by atoms with Crippen molar-refractivity contribution in [1.82, 2.24) is 19.7 Å². The van der Waals surface area contributed by atoms with E-state index in [-0.39, 0.29) is 30.5 Å². The van der Waals surface area contributed by atoms with E-state index >= 15 is 0 Å².